The Kier molecular flexibility index (Phi) is 4.72. The predicted molar refractivity (Wildman–Crippen MR) is 93.0 cm³/mol. The third-order valence-electron chi connectivity index (χ3n) is 8.68. The van der Waals surface area contributed by atoms with Gasteiger partial charge in [0.25, 0.3) is 0 Å². The van der Waals surface area contributed by atoms with E-state index in [1.54, 1.807) is 0 Å². The fraction of sp³-hybridized carbons (Fsp3) is 1.00. The Morgan fingerprint density at radius 3 is 0.850 bits per heavy atom. The Morgan fingerprint density at radius 2 is 0.700 bits per heavy atom. The van der Waals surface area contributed by atoms with Crippen LogP contribution in [0.5, 0.6) is 0 Å². The molecule has 1 aliphatic carbocycles. The first-order valence-electron chi connectivity index (χ1n) is 8.59. The lowest BCUT2D eigenvalue weighted by molar-refractivity contribution is -0.978. The largest absolute Gasteiger partial charge is 0.319 e. The molecule has 0 aromatic rings. The maximum absolute atomic E-state index is 2.52. The third kappa shape index (κ3) is 1.39. The highest BCUT2D eigenvalue weighted by atomic mass is 15.5. The number of likely N-dealkylation sites (tertiary alicyclic amines) is 1. The molecule has 0 radical (unpaired) electrons. The SMILES string of the molecule is CC.CC.CC1(C)[C@@]2(C)C(C)(C)[N+](C)(C)C(C)(C)[C@@]12C. The van der Waals surface area contributed by atoms with Gasteiger partial charge in [0.2, 0.25) is 0 Å². The number of piperidine rings is 1. The Bertz CT molecular complexity index is 330. The molecule has 1 aliphatic heterocycles. The lowest BCUT2D eigenvalue weighted by Gasteiger charge is -2.55. The summed E-state index contributed by atoms with van der Waals surface area (Å²) in [5.74, 6) is 0. The van der Waals surface area contributed by atoms with Gasteiger partial charge in [0.1, 0.15) is 11.1 Å². The van der Waals surface area contributed by atoms with Crippen LogP contribution in [0, 0.1) is 16.2 Å². The monoisotopic (exact) mass is 284 g/mol. The second kappa shape index (κ2) is 4.73. The van der Waals surface area contributed by atoms with Crippen LogP contribution in [0.3, 0.4) is 0 Å². The topological polar surface area (TPSA) is 0 Å². The van der Waals surface area contributed by atoms with Crippen LogP contribution in [-0.4, -0.2) is 29.7 Å². The quantitative estimate of drug-likeness (QED) is 0.498. The minimum Gasteiger partial charge on any atom is -0.319 e. The van der Waals surface area contributed by atoms with Crippen molar-refractivity contribution >= 4 is 0 Å². The summed E-state index contributed by atoms with van der Waals surface area (Å²) in [5.41, 5.74) is 1.96. The van der Waals surface area contributed by atoms with E-state index in [4.69, 9.17) is 0 Å². The molecule has 1 heteroatoms. The molecule has 0 unspecified atom stereocenters. The minimum atomic E-state index is 0.328. The van der Waals surface area contributed by atoms with Crippen molar-refractivity contribution < 1.29 is 4.48 Å². The summed E-state index contributed by atoms with van der Waals surface area (Å²) in [6, 6.07) is 0. The molecule has 1 saturated carbocycles. The van der Waals surface area contributed by atoms with Gasteiger partial charge in [0.15, 0.2) is 0 Å². The van der Waals surface area contributed by atoms with Crippen molar-refractivity contribution in [3.8, 4) is 0 Å². The van der Waals surface area contributed by atoms with Gasteiger partial charge in [-0.2, -0.15) is 0 Å². The molecule has 0 spiro atoms. The highest BCUT2D eigenvalue weighted by Crippen LogP contribution is 2.91. The second-order valence-corrected chi connectivity index (χ2v) is 8.45. The van der Waals surface area contributed by atoms with Crippen LogP contribution in [0.15, 0.2) is 0 Å². The first kappa shape index (κ1) is 20.0. The van der Waals surface area contributed by atoms with Gasteiger partial charge in [-0.05, 0) is 33.1 Å². The number of hydrogen-bond acceptors (Lipinski definition) is 0. The van der Waals surface area contributed by atoms with Crippen LogP contribution in [0.2, 0.25) is 0 Å². The molecule has 2 atom stereocenters. The van der Waals surface area contributed by atoms with Crippen molar-refractivity contribution in [3.63, 3.8) is 0 Å². The van der Waals surface area contributed by atoms with E-state index in [1.165, 1.54) is 0 Å². The van der Waals surface area contributed by atoms with Crippen LogP contribution in [-0.2, 0) is 0 Å². The molecule has 2 fully saturated rings. The van der Waals surface area contributed by atoms with Crippen molar-refractivity contribution in [3.05, 3.63) is 0 Å². The van der Waals surface area contributed by atoms with E-state index >= 15 is 0 Å². The van der Waals surface area contributed by atoms with E-state index in [0.717, 1.165) is 4.48 Å². The second-order valence-electron chi connectivity index (χ2n) is 8.45. The number of nitrogens with zero attached hydrogens (tertiary/aromatic N) is 1. The first-order chi connectivity index (χ1) is 8.75. The summed E-state index contributed by atoms with van der Waals surface area (Å²) in [7, 11) is 4.83. The van der Waals surface area contributed by atoms with Crippen LogP contribution < -0.4 is 0 Å². The van der Waals surface area contributed by atoms with Crippen molar-refractivity contribution in [2.75, 3.05) is 14.1 Å². The van der Waals surface area contributed by atoms with Crippen molar-refractivity contribution in [2.24, 2.45) is 16.2 Å². The van der Waals surface area contributed by atoms with Crippen molar-refractivity contribution in [1.29, 1.82) is 0 Å². The average Bonchev–Trinajstić information content (AvgIpc) is 2.73. The van der Waals surface area contributed by atoms with Gasteiger partial charge < -0.3 is 4.48 Å². The molecule has 2 aliphatic rings. The molecule has 122 valence electrons. The van der Waals surface area contributed by atoms with E-state index in [0.29, 0.717) is 27.3 Å². The van der Waals surface area contributed by atoms with Gasteiger partial charge in [0, 0.05) is 10.8 Å². The predicted octanol–water partition coefficient (Wildman–Crippen LogP) is 5.74. The van der Waals surface area contributed by atoms with E-state index < -0.39 is 0 Å². The van der Waals surface area contributed by atoms with E-state index in [2.05, 4.69) is 69.5 Å². The Morgan fingerprint density at radius 1 is 0.500 bits per heavy atom. The first-order valence-corrected chi connectivity index (χ1v) is 8.59. The standard InChI is InChI=1S/C15H30N.2C2H6/c1-11(2)14(7)12(3,4)16(9,10)13(5,6)15(11,14)8;2*1-2/h1-10H3;2*1-2H3/q+1;;/t14-,15+;;. The zero-order chi connectivity index (χ0) is 17.0. The lowest BCUT2D eigenvalue weighted by Crippen LogP contribution is -2.67. The molecule has 0 bridgehead atoms. The summed E-state index contributed by atoms with van der Waals surface area (Å²) in [6.45, 7) is 27.8. The van der Waals surface area contributed by atoms with Crippen molar-refractivity contribution in [1.82, 2.24) is 0 Å². The number of rotatable bonds is 0. The average molecular weight is 285 g/mol. The molecule has 20 heavy (non-hydrogen) atoms. The van der Waals surface area contributed by atoms with Crippen molar-refractivity contribution in [2.45, 2.75) is 94.2 Å². The number of fused-ring (bicyclic) bond motifs is 1. The number of quaternary nitrogens is 1. The number of hydrogen-bond donors (Lipinski definition) is 0. The van der Waals surface area contributed by atoms with Crippen LogP contribution in [0.1, 0.15) is 83.1 Å². The van der Waals surface area contributed by atoms with Gasteiger partial charge in [-0.15, -0.1) is 0 Å². The molecule has 0 aromatic heterocycles. The van der Waals surface area contributed by atoms with E-state index in [-0.39, 0.29) is 0 Å². The molecule has 2 rings (SSSR count). The van der Waals surface area contributed by atoms with Gasteiger partial charge in [0.05, 0.1) is 14.1 Å². The maximum atomic E-state index is 2.52. The van der Waals surface area contributed by atoms with Gasteiger partial charge in [-0.3, -0.25) is 0 Å². The zero-order valence-electron chi connectivity index (χ0n) is 16.9. The maximum Gasteiger partial charge on any atom is 0.100 e. The minimum absolute atomic E-state index is 0.328. The summed E-state index contributed by atoms with van der Waals surface area (Å²) < 4.78 is 1.12. The van der Waals surface area contributed by atoms with E-state index in [9.17, 15) is 0 Å². The molecular weight excluding hydrogens is 242 g/mol. The molecule has 1 nitrogen and oxygen atoms in total. The lowest BCUT2D eigenvalue weighted by atomic mass is 9.77. The normalized spacial score (nSPS) is 40.5. The summed E-state index contributed by atoms with van der Waals surface area (Å²) in [6.07, 6.45) is 0. The third-order valence-corrected chi connectivity index (χ3v) is 8.68. The Hall–Kier alpha value is -0.0400. The molecule has 0 aromatic carbocycles. The summed E-state index contributed by atoms with van der Waals surface area (Å²) in [4.78, 5) is 0. The molecule has 0 amide bonds. The Balaban J connectivity index is 0.000000829. The fourth-order valence-corrected chi connectivity index (χ4v) is 5.91. The fourth-order valence-electron chi connectivity index (χ4n) is 5.91. The van der Waals surface area contributed by atoms with Gasteiger partial charge in [-0.1, -0.05) is 55.4 Å². The highest BCUT2D eigenvalue weighted by Gasteiger charge is 2.96. The molecular formula is C19H42N+. The smallest absolute Gasteiger partial charge is 0.100 e. The zero-order valence-corrected chi connectivity index (χ0v) is 16.9. The van der Waals surface area contributed by atoms with Gasteiger partial charge >= 0.3 is 0 Å². The van der Waals surface area contributed by atoms with Gasteiger partial charge in [-0.25, -0.2) is 0 Å². The van der Waals surface area contributed by atoms with E-state index in [1.807, 2.05) is 27.7 Å². The van der Waals surface area contributed by atoms with Crippen LogP contribution in [0.25, 0.3) is 0 Å². The molecule has 0 N–H and O–H groups in total. The van der Waals surface area contributed by atoms with Crippen LogP contribution in [0.4, 0.5) is 0 Å². The molecule has 1 heterocycles. The molecule has 1 saturated heterocycles. The highest BCUT2D eigenvalue weighted by molar-refractivity contribution is 5.37. The Labute approximate surface area is 129 Å². The summed E-state index contributed by atoms with van der Waals surface area (Å²) >= 11 is 0. The summed E-state index contributed by atoms with van der Waals surface area (Å²) in [5, 5.41) is 0. The van der Waals surface area contributed by atoms with Crippen LogP contribution >= 0.6 is 0 Å².